The van der Waals surface area contributed by atoms with E-state index in [-0.39, 0.29) is 11.4 Å². The molecule has 0 bridgehead atoms. The van der Waals surface area contributed by atoms with Crippen LogP contribution in [-0.2, 0) is 13.5 Å². The largest absolute Gasteiger partial charge is 0.339 e. The number of aromatic amines is 2. The summed E-state index contributed by atoms with van der Waals surface area (Å²) in [5.74, 6) is 0.707. The monoisotopic (exact) mass is 375 g/mol. The molecule has 0 aliphatic heterocycles. The fraction of sp³-hybridized carbons (Fsp3) is 0.105. The van der Waals surface area contributed by atoms with E-state index in [1.54, 1.807) is 19.2 Å². The maximum atomic E-state index is 13.1. The number of fused-ring (bicyclic) bond motifs is 3. The van der Waals surface area contributed by atoms with Gasteiger partial charge in [-0.3, -0.25) is 4.79 Å². The zero-order chi connectivity index (χ0) is 19.3. The Kier molecular flexibility index (Phi) is 3.54. The van der Waals surface area contributed by atoms with Gasteiger partial charge in [0, 0.05) is 22.9 Å². The van der Waals surface area contributed by atoms with Crippen LogP contribution < -0.4 is 5.56 Å². The highest BCUT2D eigenvalue weighted by Gasteiger charge is 2.13. The van der Waals surface area contributed by atoms with Gasteiger partial charge in [0.05, 0.1) is 12.4 Å². The van der Waals surface area contributed by atoms with Crippen LogP contribution in [-0.4, -0.2) is 35.2 Å². The maximum absolute atomic E-state index is 13.1. The summed E-state index contributed by atoms with van der Waals surface area (Å²) in [5.41, 5.74) is 2.68. The molecule has 8 nitrogen and oxygen atoms in total. The van der Waals surface area contributed by atoms with Gasteiger partial charge in [-0.2, -0.15) is 4.80 Å². The third-order valence-electron chi connectivity index (χ3n) is 4.56. The average molecular weight is 375 g/mol. The van der Waals surface area contributed by atoms with Crippen molar-refractivity contribution in [2.75, 3.05) is 0 Å². The molecule has 0 amide bonds. The number of benzene rings is 2. The number of aromatic nitrogens is 7. The number of nitrogens with zero attached hydrogens (tertiary/aromatic N) is 5. The number of rotatable bonds is 3. The second-order valence-electron chi connectivity index (χ2n) is 6.53. The summed E-state index contributed by atoms with van der Waals surface area (Å²) in [5, 5.41) is 13.3. The predicted molar refractivity (Wildman–Crippen MR) is 101 cm³/mol. The van der Waals surface area contributed by atoms with Crippen LogP contribution in [0.3, 0.4) is 0 Å². The van der Waals surface area contributed by atoms with Crippen molar-refractivity contribution in [3.8, 4) is 11.4 Å². The molecule has 0 fully saturated rings. The molecular weight excluding hydrogens is 361 g/mol. The van der Waals surface area contributed by atoms with Crippen LogP contribution in [0.4, 0.5) is 4.39 Å². The lowest BCUT2D eigenvalue weighted by molar-refractivity contribution is 0.627. The molecule has 0 radical (unpaired) electrons. The first-order valence-electron chi connectivity index (χ1n) is 8.60. The van der Waals surface area contributed by atoms with E-state index in [2.05, 4.69) is 30.4 Å². The Hall–Kier alpha value is -3.88. The first kappa shape index (κ1) is 16.3. The molecule has 2 aromatic carbocycles. The molecule has 3 aromatic heterocycles. The minimum atomic E-state index is -0.301. The Bertz CT molecular complexity index is 1380. The number of hydrogen-bond acceptors (Lipinski definition) is 5. The molecule has 9 heteroatoms. The molecule has 0 atom stereocenters. The van der Waals surface area contributed by atoms with Crippen LogP contribution in [0.15, 0.2) is 47.3 Å². The predicted octanol–water partition coefficient (Wildman–Crippen LogP) is 2.32. The number of nitrogens with one attached hydrogen (secondary N) is 2. The standard InChI is InChI=1S/C19H14FN7O/c1-27-25-17(24-26-27)11-4-7-13-14(9-11)21-18-16(13)19(28)23-15(22-18)8-10-2-5-12(20)6-3-10/h2-7,9H,8H2,1H3,(H2,21,22,23,28). The highest BCUT2D eigenvalue weighted by molar-refractivity contribution is 6.06. The van der Waals surface area contributed by atoms with Crippen molar-refractivity contribution in [1.29, 1.82) is 0 Å². The summed E-state index contributed by atoms with van der Waals surface area (Å²) < 4.78 is 13.1. The van der Waals surface area contributed by atoms with Crippen molar-refractivity contribution in [3.63, 3.8) is 0 Å². The Balaban J connectivity index is 1.60. The van der Waals surface area contributed by atoms with Crippen LogP contribution in [0.5, 0.6) is 0 Å². The van der Waals surface area contributed by atoms with E-state index in [0.29, 0.717) is 29.1 Å². The van der Waals surface area contributed by atoms with Gasteiger partial charge in [-0.25, -0.2) is 9.37 Å². The Labute approximate surface area is 157 Å². The summed E-state index contributed by atoms with van der Waals surface area (Å²) in [6.45, 7) is 0. The quantitative estimate of drug-likeness (QED) is 0.503. The van der Waals surface area contributed by atoms with Gasteiger partial charge in [-0.05, 0) is 29.0 Å². The second kappa shape index (κ2) is 6.08. The molecule has 5 aromatic rings. The highest BCUT2D eigenvalue weighted by atomic mass is 19.1. The lowest BCUT2D eigenvalue weighted by Gasteiger charge is -2.01. The topological polar surface area (TPSA) is 105 Å². The molecule has 0 saturated carbocycles. The lowest BCUT2D eigenvalue weighted by Crippen LogP contribution is -2.11. The van der Waals surface area contributed by atoms with Crippen molar-refractivity contribution in [2.45, 2.75) is 6.42 Å². The molecule has 2 N–H and O–H groups in total. The smallest absolute Gasteiger partial charge is 0.261 e. The summed E-state index contributed by atoms with van der Waals surface area (Å²) >= 11 is 0. The molecule has 138 valence electrons. The van der Waals surface area contributed by atoms with Crippen LogP contribution in [0, 0.1) is 5.82 Å². The van der Waals surface area contributed by atoms with E-state index < -0.39 is 0 Å². The average Bonchev–Trinajstić information content (AvgIpc) is 3.26. The minimum absolute atomic E-state index is 0.223. The van der Waals surface area contributed by atoms with Crippen LogP contribution in [0.1, 0.15) is 11.4 Å². The van der Waals surface area contributed by atoms with Crippen molar-refractivity contribution >= 4 is 21.9 Å². The van der Waals surface area contributed by atoms with Gasteiger partial charge in [0.25, 0.3) is 5.56 Å². The van der Waals surface area contributed by atoms with Crippen LogP contribution >= 0.6 is 0 Å². The lowest BCUT2D eigenvalue weighted by atomic mass is 10.1. The molecular formula is C19H14FN7O. The van der Waals surface area contributed by atoms with Gasteiger partial charge in [0.1, 0.15) is 17.3 Å². The summed E-state index contributed by atoms with van der Waals surface area (Å²) in [6.07, 6.45) is 0.398. The number of halogens is 1. The summed E-state index contributed by atoms with van der Waals surface area (Å²) in [6, 6.07) is 11.7. The van der Waals surface area contributed by atoms with Gasteiger partial charge in [0.2, 0.25) is 5.82 Å². The third-order valence-corrected chi connectivity index (χ3v) is 4.56. The molecule has 0 saturated heterocycles. The van der Waals surface area contributed by atoms with Crippen molar-refractivity contribution in [1.82, 2.24) is 35.2 Å². The van der Waals surface area contributed by atoms with E-state index >= 15 is 0 Å². The molecule has 3 heterocycles. The first-order valence-corrected chi connectivity index (χ1v) is 8.60. The molecule has 0 aliphatic rings. The van der Waals surface area contributed by atoms with Crippen molar-refractivity contribution < 1.29 is 4.39 Å². The van der Waals surface area contributed by atoms with Crippen molar-refractivity contribution in [2.24, 2.45) is 7.05 Å². The van der Waals surface area contributed by atoms with Gasteiger partial charge in [-0.15, -0.1) is 10.2 Å². The van der Waals surface area contributed by atoms with E-state index in [9.17, 15) is 9.18 Å². The first-order chi connectivity index (χ1) is 13.6. The fourth-order valence-corrected chi connectivity index (χ4v) is 3.27. The number of H-pyrrole nitrogens is 2. The molecule has 0 spiro atoms. The third kappa shape index (κ3) is 2.73. The van der Waals surface area contributed by atoms with Gasteiger partial charge in [-0.1, -0.05) is 24.3 Å². The number of hydrogen-bond donors (Lipinski definition) is 2. The van der Waals surface area contributed by atoms with E-state index in [1.807, 2.05) is 18.2 Å². The number of aryl methyl sites for hydroxylation is 1. The van der Waals surface area contributed by atoms with E-state index in [0.717, 1.165) is 22.0 Å². The molecule has 0 unspecified atom stereocenters. The molecule has 5 rings (SSSR count). The molecule has 28 heavy (non-hydrogen) atoms. The minimum Gasteiger partial charge on any atom is -0.339 e. The number of tetrazole rings is 1. The maximum Gasteiger partial charge on any atom is 0.261 e. The SMILES string of the molecule is Cn1nnc(-c2ccc3c(c2)[nH]c2nc(Cc4ccc(F)cc4)[nH]c(=O)c23)n1. The molecule has 0 aliphatic carbocycles. The van der Waals surface area contributed by atoms with E-state index in [4.69, 9.17) is 0 Å². The second-order valence-corrected chi connectivity index (χ2v) is 6.53. The van der Waals surface area contributed by atoms with Gasteiger partial charge in [0.15, 0.2) is 0 Å². The van der Waals surface area contributed by atoms with Crippen molar-refractivity contribution in [3.05, 3.63) is 70.0 Å². The summed E-state index contributed by atoms with van der Waals surface area (Å²) in [4.78, 5) is 24.6. The highest BCUT2D eigenvalue weighted by Crippen LogP contribution is 2.25. The van der Waals surface area contributed by atoms with Crippen LogP contribution in [0.25, 0.3) is 33.3 Å². The zero-order valence-electron chi connectivity index (χ0n) is 14.8. The Morgan fingerprint density at radius 2 is 1.93 bits per heavy atom. The fourth-order valence-electron chi connectivity index (χ4n) is 3.27. The van der Waals surface area contributed by atoms with Gasteiger partial charge < -0.3 is 9.97 Å². The van der Waals surface area contributed by atoms with Gasteiger partial charge >= 0.3 is 0 Å². The normalized spacial score (nSPS) is 11.5. The summed E-state index contributed by atoms with van der Waals surface area (Å²) in [7, 11) is 1.70. The Morgan fingerprint density at radius 3 is 2.68 bits per heavy atom. The van der Waals surface area contributed by atoms with E-state index in [1.165, 1.54) is 16.9 Å². The van der Waals surface area contributed by atoms with Crippen LogP contribution in [0.2, 0.25) is 0 Å². The Morgan fingerprint density at radius 1 is 1.11 bits per heavy atom. The zero-order valence-corrected chi connectivity index (χ0v) is 14.8.